The molecule has 1 aromatic rings. The van der Waals surface area contributed by atoms with E-state index in [2.05, 4.69) is 21.2 Å². The van der Waals surface area contributed by atoms with Gasteiger partial charge in [-0.2, -0.15) is 0 Å². The van der Waals surface area contributed by atoms with Gasteiger partial charge in [-0.3, -0.25) is 9.59 Å². The Kier molecular flexibility index (Phi) is 5.71. The minimum absolute atomic E-state index is 0.113. The van der Waals surface area contributed by atoms with Gasteiger partial charge >= 0.3 is 0 Å². The first-order chi connectivity index (χ1) is 8.91. The number of anilines is 1. The SMILES string of the molecule is NC(=O)COCCNC(=O)c1cc(N)c(F)cc1Br. The molecule has 0 saturated carbocycles. The summed E-state index contributed by atoms with van der Waals surface area (Å²) < 4.78 is 18.3. The van der Waals surface area contributed by atoms with Crippen LogP contribution in [0, 0.1) is 5.82 Å². The topological polar surface area (TPSA) is 107 Å². The molecule has 0 radical (unpaired) electrons. The van der Waals surface area contributed by atoms with Gasteiger partial charge in [-0.25, -0.2) is 4.39 Å². The highest BCUT2D eigenvalue weighted by atomic mass is 79.9. The van der Waals surface area contributed by atoms with Gasteiger partial charge in [0.2, 0.25) is 5.91 Å². The third-order valence-corrected chi connectivity index (χ3v) is 2.76. The van der Waals surface area contributed by atoms with E-state index >= 15 is 0 Å². The fourth-order valence-electron chi connectivity index (χ4n) is 1.24. The summed E-state index contributed by atoms with van der Waals surface area (Å²) in [5, 5.41) is 2.54. The molecule has 0 spiro atoms. The number of nitrogen functional groups attached to an aromatic ring is 1. The van der Waals surface area contributed by atoms with Crippen LogP contribution in [0.15, 0.2) is 16.6 Å². The molecule has 0 heterocycles. The zero-order chi connectivity index (χ0) is 14.4. The van der Waals surface area contributed by atoms with Crippen LogP contribution in [0.2, 0.25) is 0 Å². The molecule has 0 atom stereocenters. The fraction of sp³-hybridized carbons (Fsp3) is 0.273. The number of ether oxygens (including phenoxy) is 1. The van der Waals surface area contributed by atoms with E-state index in [0.29, 0.717) is 4.47 Å². The number of carbonyl (C=O) groups excluding carboxylic acids is 2. The lowest BCUT2D eigenvalue weighted by Crippen LogP contribution is -2.29. The molecule has 0 bridgehead atoms. The Balaban J connectivity index is 2.50. The number of hydrogen-bond acceptors (Lipinski definition) is 4. The third-order valence-electron chi connectivity index (χ3n) is 2.11. The molecule has 1 aromatic carbocycles. The van der Waals surface area contributed by atoms with E-state index in [1.165, 1.54) is 6.07 Å². The number of nitrogens with one attached hydrogen (secondary N) is 1. The molecule has 0 aromatic heterocycles. The second-order valence-corrected chi connectivity index (χ2v) is 4.48. The number of primary amides is 1. The van der Waals surface area contributed by atoms with Crippen LogP contribution in [0.4, 0.5) is 10.1 Å². The van der Waals surface area contributed by atoms with E-state index in [9.17, 15) is 14.0 Å². The molecule has 6 nitrogen and oxygen atoms in total. The van der Waals surface area contributed by atoms with Gasteiger partial charge in [0.25, 0.3) is 5.91 Å². The van der Waals surface area contributed by atoms with Gasteiger partial charge in [0, 0.05) is 11.0 Å². The molecular weight excluding hydrogens is 321 g/mol. The zero-order valence-electron chi connectivity index (χ0n) is 9.91. The van der Waals surface area contributed by atoms with Crippen LogP contribution < -0.4 is 16.8 Å². The first-order valence-corrected chi connectivity index (χ1v) is 6.10. The number of nitrogens with two attached hydrogens (primary N) is 2. The first-order valence-electron chi connectivity index (χ1n) is 5.30. The lowest BCUT2D eigenvalue weighted by molar-refractivity contribution is -0.122. The highest BCUT2D eigenvalue weighted by Gasteiger charge is 2.12. The van der Waals surface area contributed by atoms with Crippen molar-refractivity contribution in [3.05, 3.63) is 28.0 Å². The number of benzene rings is 1. The summed E-state index contributed by atoms with van der Waals surface area (Å²) in [6, 6.07) is 2.35. The Hall–Kier alpha value is -1.67. The molecule has 19 heavy (non-hydrogen) atoms. The number of amides is 2. The maximum atomic E-state index is 13.1. The summed E-state index contributed by atoms with van der Waals surface area (Å²) in [5.74, 6) is -1.62. The summed E-state index contributed by atoms with van der Waals surface area (Å²) in [6.45, 7) is 0.127. The Bertz CT molecular complexity index is 496. The molecule has 0 aliphatic rings. The van der Waals surface area contributed by atoms with E-state index in [0.717, 1.165) is 6.07 Å². The summed E-state index contributed by atoms with van der Waals surface area (Å²) >= 11 is 3.07. The second kappa shape index (κ2) is 7.05. The zero-order valence-corrected chi connectivity index (χ0v) is 11.5. The van der Waals surface area contributed by atoms with Gasteiger partial charge in [0.15, 0.2) is 0 Å². The van der Waals surface area contributed by atoms with E-state index in [-0.39, 0.29) is 31.0 Å². The number of rotatable bonds is 6. The smallest absolute Gasteiger partial charge is 0.252 e. The Morgan fingerprint density at radius 2 is 2.11 bits per heavy atom. The number of hydrogen-bond donors (Lipinski definition) is 3. The molecule has 5 N–H and O–H groups in total. The van der Waals surface area contributed by atoms with Crippen molar-refractivity contribution in [2.24, 2.45) is 5.73 Å². The monoisotopic (exact) mass is 333 g/mol. The fourth-order valence-corrected chi connectivity index (χ4v) is 1.74. The highest BCUT2D eigenvalue weighted by Crippen LogP contribution is 2.22. The van der Waals surface area contributed by atoms with E-state index < -0.39 is 17.6 Å². The minimum Gasteiger partial charge on any atom is -0.396 e. The normalized spacial score (nSPS) is 10.2. The molecule has 0 aliphatic heterocycles. The van der Waals surface area contributed by atoms with Gasteiger partial charge in [0.1, 0.15) is 12.4 Å². The van der Waals surface area contributed by atoms with Crippen molar-refractivity contribution in [3.8, 4) is 0 Å². The molecule has 0 unspecified atom stereocenters. The Morgan fingerprint density at radius 3 is 2.74 bits per heavy atom. The van der Waals surface area contributed by atoms with Crippen LogP contribution in [0.25, 0.3) is 0 Å². The lowest BCUT2D eigenvalue weighted by Gasteiger charge is -2.08. The van der Waals surface area contributed by atoms with Crippen LogP contribution in [0.1, 0.15) is 10.4 Å². The maximum absolute atomic E-state index is 13.1. The molecular formula is C11H13BrFN3O3. The summed E-state index contributed by atoms with van der Waals surface area (Å²) in [7, 11) is 0. The van der Waals surface area contributed by atoms with Gasteiger partial charge in [-0.1, -0.05) is 0 Å². The largest absolute Gasteiger partial charge is 0.396 e. The molecule has 104 valence electrons. The van der Waals surface area contributed by atoms with Crippen LogP contribution in [-0.2, 0) is 9.53 Å². The van der Waals surface area contributed by atoms with Gasteiger partial charge in [-0.15, -0.1) is 0 Å². The van der Waals surface area contributed by atoms with Crippen molar-refractivity contribution in [2.45, 2.75) is 0 Å². The summed E-state index contributed by atoms with van der Waals surface area (Å²) in [5.41, 5.74) is 10.4. The standard InChI is InChI=1S/C11H13BrFN3O3/c12-7-4-8(13)9(14)3-6(7)11(18)16-1-2-19-5-10(15)17/h3-4H,1-2,5,14H2,(H2,15,17)(H,16,18). The molecule has 0 aliphatic carbocycles. The molecule has 0 saturated heterocycles. The van der Waals surface area contributed by atoms with Crippen molar-refractivity contribution < 1.29 is 18.7 Å². The van der Waals surface area contributed by atoms with Crippen LogP contribution in [0.3, 0.4) is 0 Å². The first kappa shape index (κ1) is 15.4. The van der Waals surface area contributed by atoms with Crippen molar-refractivity contribution in [1.82, 2.24) is 5.32 Å². The lowest BCUT2D eigenvalue weighted by atomic mass is 10.2. The van der Waals surface area contributed by atoms with Crippen molar-refractivity contribution >= 4 is 33.4 Å². The van der Waals surface area contributed by atoms with Gasteiger partial charge in [-0.05, 0) is 28.1 Å². The second-order valence-electron chi connectivity index (χ2n) is 3.63. The average molecular weight is 334 g/mol. The molecule has 1 rings (SSSR count). The Morgan fingerprint density at radius 1 is 1.42 bits per heavy atom. The van der Waals surface area contributed by atoms with Crippen LogP contribution in [-0.4, -0.2) is 31.6 Å². The van der Waals surface area contributed by atoms with E-state index in [1.807, 2.05) is 0 Å². The summed E-state index contributed by atoms with van der Waals surface area (Å²) in [6.07, 6.45) is 0. The average Bonchev–Trinajstić information content (AvgIpc) is 2.32. The predicted molar refractivity (Wildman–Crippen MR) is 70.9 cm³/mol. The van der Waals surface area contributed by atoms with Gasteiger partial charge < -0.3 is 21.5 Å². The van der Waals surface area contributed by atoms with E-state index in [1.54, 1.807) is 0 Å². The number of halogens is 2. The third kappa shape index (κ3) is 4.84. The van der Waals surface area contributed by atoms with Crippen LogP contribution >= 0.6 is 15.9 Å². The van der Waals surface area contributed by atoms with Crippen LogP contribution in [0.5, 0.6) is 0 Å². The molecule has 2 amide bonds. The molecule has 8 heteroatoms. The van der Waals surface area contributed by atoms with Gasteiger partial charge in [0.05, 0.1) is 17.9 Å². The quantitative estimate of drug-likeness (QED) is 0.517. The summed E-state index contributed by atoms with van der Waals surface area (Å²) in [4.78, 5) is 22.1. The molecule has 0 fully saturated rings. The minimum atomic E-state index is -0.604. The van der Waals surface area contributed by atoms with E-state index in [4.69, 9.17) is 16.2 Å². The number of carbonyl (C=O) groups is 2. The maximum Gasteiger partial charge on any atom is 0.252 e. The highest BCUT2D eigenvalue weighted by molar-refractivity contribution is 9.10. The predicted octanol–water partition coefficient (Wildman–Crippen LogP) is 0.402. The Labute approximate surface area is 117 Å². The van der Waals surface area contributed by atoms with Crippen molar-refractivity contribution in [2.75, 3.05) is 25.5 Å². The van der Waals surface area contributed by atoms with Crippen molar-refractivity contribution in [1.29, 1.82) is 0 Å². The van der Waals surface area contributed by atoms with Crippen molar-refractivity contribution in [3.63, 3.8) is 0 Å².